The Morgan fingerprint density at radius 1 is 1.17 bits per heavy atom. The predicted octanol–water partition coefficient (Wildman–Crippen LogP) is 4.82. The highest BCUT2D eigenvalue weighted by molar-refractivity contribution is 6.36. The molecule has 0 saturated carbocycles. The second-order valence-electron chi connectivity index (χ2n) is 6.73. The van der Waals surface area contributed by atoms with Crippen LogP contribution in [0.4, 0.5) is 4.79 Å². The van der Waals surface area contributed by atoms with Gasteiger partial charge in [0.25, 0.3) is 0 Å². The number of ether oxygens (including phenoxy) is 1. The molecule has 0 bridgehead atoms. The lowest BCUT2D eigenvalue weighted by atomic mass is 9.89. The average molecular weight is 358 g/mol. The van der Waals surface area contributed by atoms with Crippen molar-refractivity contribution in [2.75, 3.05) is 13.1 Å². The van der Waals surface area contributed by atoms with Gasteiger partial charge in [-0.3, -0.25) is 4.79 Å². The Balaban J connectivity index is 1.96. The van der Waals surface area contributed by atoms with Gasteiger partial charge in [-0.25, -0.2) is 4.79 Å². The molecule has 6 heteroatoms. The number of hydrogen-bond acceptors (Lipinski definition) is 3. The summed E-state index contributed by atoms with van der Waals surface area (Å²) in [5, 5.41) is 0.878. The van der Waals surface area contributed by atoms with Crippen LogP contribution in [0.3, 0.4) is 0 Å². The van der Waals surface area contributed by atoms with Gasteiger partial charge >= 0.3 is 6.09 Å². The van der Waals surface area contributed by atoms with Crippen molar-refractivity contribution in [3.05, 3.63) is 33.8 Å². The standard InChI is InChI=1S/C17H21Cl2NO3/c1-17(2,3)23-16(22)20-8-6-11(7-9-20)15(21)13-5-4-12(18)10-14(13)19/h4-5,10-11H,6-9H2,1-3H3. The normalized spacial score (nSPS) is 16.3. The largest absolute Gasteiger partial charge is 0.444 e. The maximum absolute atomic E-state index is 12.6. The minimum absolute atomic E-state index is 0.00973. The number of benzene rings is 1. The lowest BCUT2D eigenvalue weighted by Gasteiger charge is -2.33. The number of hydrogen-bond donors (Lipinski definition) is 0. The molecule has 0 atom stereocenters. The van der Waals surface area contributed by atoms with E-state index in [1.807, 2.05) is 20.8 Å². The Morgan fingerprint density at radius 2 is 1.78 bits per heavy atom. The van der Waals surface area contributed by atoms with Crippen molar-refractivity contribution >= 4 is 35.1 Å². The molecule has 0 aliphatic carbocycles. The molecule has 1 aromatic carbocycles. The molecule has 0 unspecified atom stereocenters. The van der Waals surface area contributed by atoms with E-state index in [-0.39, 0.29) is 17.8 Å². The molecule has 2 rings (SSSR count). The van der Waals surface area contributed by atoms with Gasteiger partial charge in [-0.1, -0.05) is 23.2 Å². The van der Waals surface area contributed by atoms with Gasteiger partial charge in [0.15, 0.2) is 5.78 Å². The van der Waals surface area contributed by atoms with Crippen molar-refractivity contribution in [3.63, 3.8) is 0 Å². The second kappa shape index (κ2) is 7.10. The van der Waals surface area contributed by atoms with Crippen LogP contribution in [0.15, 0.2) is 18.2 Å². The number of amides is 1. The number of ketones is 1. The van der Waals surface area contributed by atoms with Crippen LogP contribution in [-0.4, -0.2) is 35.5 Å². The van der Waals surface area contributed by atoms with Crippen molar-refractivity contribution in [2.24, 2.45) is 5.92 Å². The van der Waals surface area contributed by atoms with E-state index >= 15 is 0 Å². The van der Waals surface area contributed by atoms with Gasteiger partial charge in [0.05, 0.1) is 5.02 Å². The fraction of sp³-hybridized carbons (Fsp3) is 0.529. The molecule has 0 spiro atoms. The highest BCUT2D eigenvalue weighted by Crippen LogP contribution is 2.28. The number of nitrogens with zero attached hydrogens (tertiary/aromatic N) is 1. The summed E-state index contributed by atoms with van der Waals surface area (Å²) in [6.45, 7) is 6.53. The van der Waals surface area contributed by atoms with Crippen LogP contribution >= 0.6 is 23.2 Å². The number of halogens is 2. The zero-order valence-electron chi connectivity index (χ0n) is 13.6. The smallest absolute Gasteiger partial charge is 0.410 e. The topological polar surface area (TPSA) is 46.6 Å². The summed E-state index contributed by atoms with van der Waals surface area (Å²) in [4.78, 5) is 26.3. The predicted molar refractivity (Wildman–Crippen MR) is 91.3 cm³/mol. The molecule has 0 N–H and O–H groups in total. The number of carbonyl (C=O) groups is 2. The second-order valence-corrected chi connectivity index (χ2v) is 7.57. The zero-order valence-corrected chi connectivity index (χ0v) is 15.1. The van der Waals surface area contributed by atoms with Gasteiger partial charge in [0, 0.05) is 29.6 Å². The first-order chi connectivity index (χ1) is 10.7. The zero-order chi connectivity index (χ0) is 17.2. The summed E-state index contributed by atoms with van der Waals surface area (Å²) in [6, 6.07) is 4.90. The summed E-state index contributed by atoms with van der Waals surface area (Å²) in [5.74, 6) is -0.122. The molecule has 1 heterocycles. The van der Waals surface area contributed by atoms with Crippen LogP contribution in [0.2, 0.25) is 10.0 Å². The van der Waals surface area contributed by atoms with Crippen LogP contribution < -0.4 is 0 Å². The van der Waals surface area contributed by atoms with Gasteiger partial charge in [0.1, 0.15) is 5.60 Å². The maximum Gasteiger partial charge on any atom is 0.410 e. The van der Waals surface area contributed by atoms with Gasteiger partial charge < -0.3 is 9.64 Å². The monoisotopic (exact) mass is 357 g/mol. The molecule has 1 aliphatic rings. The van der Waals surface area contributed by atoms with E-state index in [4.69, 9.17) is 27.9 Å². The van der Waals surface area contributed by atoms with Crippen LogP contribution in [0.5, 0.6) is 0 Å². The van der Waals surface area contributed by atoms with Crippen molar-refractivity contribution in [2.45, 2.75) is 39.2 Å². The molecule has 126 valence electrons. The van der Waals surface area contributed by atoms with E-state index in [2.05, 4.69) is 0 Å². The first kappa shape index (κ1) is 18.1. The highest BCUT2D eigenvalue weighted by Gasteiger charge is 2.30. The minimum Gasteiger partial charge on any atom is -0.444 e. The number of rotatable bonds is 2. The summed E-state index contributed by atoms with van der Waals surface area (Å²) in [5.41, 5.74) is -0.0209. The highest BCUT2D eigenvalue weighted by atomic mass is 35.5. The van der Waals surface area contributed by atoms with E-state index < -0.39 is 5.60 Å². The van der Waals surface area contributed by atoms with Gasteiger partial charge in [-0.2, -0.15) is 0 Å². The third-order valence-corrected chi connectivity index (χ3v) is 4.26. The van der Waals surface area contributed by atoms with E-state index in [0.717, 1.165) is 0 Å². The third-order valence-electron chi connectivity index (χ3n) is 3.71. The number of piperidine rings is 1. The molecule has 0 aromatic heterocycles. The molecule has 1 fully saturated rings. The summed E-state index contributed by atoms with van der Waals surface area (Å²) in [7, 11) is 0. The fourth-order valence-electron chi connectivity index (χ4n) is 2.56. The first-order valence-corrected chi connectivity index (χ1v) is 8.40. The third kappa shape index (κ3) is 4.85. The van der Waals surface area contributed by atoms with E-state index in [1.54, 1.807) is 23.1 Å². The Bertz CT molecular complexity index is 602. The lowest BCUT2D eigenvalue weighted by Crippen LogP contribution is -2.43. The Morgan fingerprint density at radius 3 is 2.30 bits per heavy atom. The van der Waals surface area contributed by atoms with Crippen LogP contribution in [0.1, 0.15) is 44.0 Å². The van der Waals surface area contributed by atoms with Crippen molar-refractivity contribution in [1.82, 2.24) is 4.90 Å². The van der Waals surface area contributed by atoms with Crippen molar-refractivity contribution in [3.8, 4) is 0 Å². The maximum atomic E-state index is 12.6. The number of likely N-dealkylation sites (tertiary alicyclic amines) is 1. The van der Waals surface area contributed by atoms with Gasteiger partial charge in [-0.15, -0.1) is 0 Å². The molecular formula is C17H21Cl2NO3. The Kier molecular flexibility index (Phi) is 5.58. The molecule has 1 amide bonds. The molecule has 1 aromatic rings. The van der Waals surface area contributed by atoms with E-state index in [0.29, 0.717) is 41.5 Å². The average Bonchev–Trinajstić information content (AvgIpc) is 2.45. The summed E-state index contributed by atoms with van der Waals surface area (Å²) >= 11 is 12.0. The van der Waals surface area contributed by atoms with Crippen LogP contribution in [0.25, 0.3) is 0 Å². The van der Waals surface area contributed by atoms with Gasteiger partial charge in [-0.05, 0) is 51.8 Å². The Labute approximate surface area is 146 Å². The first-order valence-electron chi connectivity index (χ1n) is 7.64. The van der Waals surface area contributed by atoms with E-state index in [1.165, 1.54) is 0 Å². The molecule has 23 heavy (non-hydrogen) atoms. The minimum atomic E-state index is -0.513. The van der Waals surface area contributed by atoms with Crippen LogP contribution in [0, 0.1) is 5.92 Å². The molecule has 4 nitrogen and oxygen atoms in total. The summed E-state index contributed by atoms with van der Waals surface area (Å²) < 4.78 is 5.36. The number of carbonyl (C=O) groups excluding carboxylic acids is 2. The lowest BCUT2D eigenvalue weighted by molar-refractivity contribution is 0.0182. The van der Waals surface area contributed by atoms with Crippen LogP contribution in [-0.2, 0) is 4.74 Å². The quantitative estimate of drug-likeness (QED) is 0.712. The number of Topliss-reactive ketones (excluding diaryl/α,β-unsaturated/α-hetero) is 1. The molecular weight excluding hydrogens is 337 g/mol. The fourth-order valence-corrected chi connectivity index (χ4v) is 3.06. The molecule has 1 aliphatic heterocycles. The SMILES string of the molecule is CC(C)(C)OC(=O)N1CCC(C(=O)c2ccc(Cl)cc2Cl)CC1. The van der Waals surface area contributed by atoms with Crippen molar-refractivity contribution < 1.29 is 14.3 Å². The van der Waals surface area contributed by atoms with Crippen molar-refractivity contribution in [1.29, 1.82) is 0 Å². The van der Waals surface area contributed by atoms with Gasteiger partial charge in [0.2, 0.25) is 0 Å². The van der Waals surface area contributed by atoms with E-state index in [9.17, 15) is 9.59 Å². The Hall–Kier alpha value is -1.26. The summed E-state index contributed by atoms with van der Waals surface area (Å²) in [6.07, 6.45) is 0.890. The molecule has 0 radical (unpaired) electrons. The molecule has 1 saturated heterocycles.